The van der Waals surface area contributed by atoms with Crippen LogP contribution in [0.25, 0.3) is 0 Å². The second-order valence-electron chi connectivity index (χ2n) is 8.37. The van der Waals surface area contributed by atoms with Gasteiger partial charge in [-0.3, -0.25) is 4.79 Å². The van der Waals surface area contributed by atoms with Crippen molar-refractivity contribution < 1.29 is 24.5 Å². The zero-order chi connectivity index (χ0) is 19.4. The smallest absolute Gasteiger partial charge is 0.303 e. The number of rotatable bonds is 11. The number of fused-ring (bicyclic) bond motifs is 1. The highest BCUT2D eigenvalue weighted by molar-refractivity contribution is 5.66. The van der Waals surface area contributed by atoms with Gasteiger partial charge in [-0.05, 0) is 37.2 Å². The molecule has 0 aromatic rings. The maximum Gasteiger partial charge on any atom is 0.303 e. The minimum Gasteiger partial charge on any atom is -0.481 e. The van der Waals surface area contributed by atoms with Crippen LogP contribution in [-0.4, -0.2) is 46.7 Å². The van der Waals surface area contributed by atoms with Gasteiger partial charge in [0, 0.05) is 18.8 Å². The second kappa shape index (κ2) is 9.35. The van der Waals surface area contributed by atoms with E-state index >= 15 is 0 Å². The van der Waals surface area contributed by atoms with E-state index < -0.39 is 5.97 Å². The van der Waals surface area contributed by atoms with Gasteiger partial charge in [-0.15, -0.1) is 0 Å². The molecule has 5 nitrogen and oxygen atoms in total. The summed E-state index contributed by atoms with van der Waals surface area (Å²) in [6.45, 7) is 6.33. The number of carboxylic acid groups (broad SMARTS) is 1. The molecule has 0 spiro atoms. The number of ether oxygens (including phenoxy) is 2. The largest absolute Gasteiger partial charge is 0.481 e. The summed E-state index contributed by atoms with van der Waals surface area (Å²) in [6.07, 6.45) is 11.7. The van der Waals surface area contributed by atoms with Crippen molar-refractivity contribution in [1.82, 2.24) is 0 Å². The molecular formula is C22H34O5. The predicted molar refractivity (Wildman–Crippen MR) is 103 cm³/mol. The van der Waals surface area contributed by atoms with Crippen LogP contribution in [0.1, 0.15) is 64.7 Å². The molecule has 152 valence electrons. The van der Waals surface area contributed by atoms with Crippen molar-refractivity contribution in [1.29, 1.82) is 0 Å². The Morgan fingerprint density at radius 2 is 2.00 bits per heavy atom. The van der Waals surface area contributed by atoms with Gasteiger partial charge in [0.1, 0.15) is 0 Å². The van der Waals surface area contributed by atoms with E-state index in [2.05, 4.69) is 19.6 Å². The van der Waals surface area contributed by atoms with Crippen LogP contribution in [0.4, 0.5) is 0 Å². The predicted octanol–water partition coefficient (Wildman–Crippen LogP) is 3.86. The molecule has 3 saturated heterocycles. The highest BCUT2D eigenvalue weighted by Crippen LogP contribution is 2.51. The first-order chi connectivity index (χ1) is 13.0. The molecule has 0 amide bonds. The zero-order valence-electron chi connectivity index (χ0n) is 16.4. The Morgan fingerprint density at radius 1 is 1.19 bits per heavy atom. The van der Waals surface area contributed by atoms with E-state index in [1.54, 1.807) is 0 Å². The molecule has 0 aromatic heterocycles. The van der Waals surface area contributed by atoms with Crippen LogP contribution in [0.2, 0.25) is 0 Å². The summed E-state index contributed by atoms with van der Waals surface area (Å²) in [7, 11) is 0. The lowest BCUT2D eigenvalue weighted by atomic mass is 9.72. The Morgan fingerprint density at radius 3 is 2.74 bits per heavy atom. The standard InChI is InChI=1S/C22H34O5/c1-3-4-5-8-15(23)10-11-16-17-12-18(14(2)7-6-9-21(24)25)26-20-13-19(16)27-22(17)20/h10-11,15-20,22-23H,2-9,12-13H2,1H3,(H,24,25)/t15-,16+,17-,18?,19+,20+,22+/m1/s1. The molecule has 3 rings (SSSR count). The first-order valence-corrected chi connectivity index (χ1v) is 10.6. The average molecular weight is 379 g/mol. The number of carbonyl (C=O) groups is 1. The van der Waals surface area contributed by atoms with Gasteiger partial charge in [0.05, 0.1) is 30.5 Å². The fourth-order valence-corrected chi connectivity index (χ4v) is 4.88. The third kappa shape index (κ3) is 5.01. The maximum absolute atomic E-state index is 10.7. The van der Waals surface area contributed by atoms with Crippen molar-refractivity contribution in [2.75, 3.05) is 0 Å². The fraction of sp³-hybridized carbons (Fsp3) is 0.773. The molecule has 2 N–H and O–H groups in total. The van der Waals surface area contributed by atoms with Crippen LogP contribution in [-0.2, 0) is 14.3 Å². The van der Waals surface area contributed by atoms with Crippen LogP contribution >= 0.6 is 0 Å². The van der Waals surface area contributed by atoms with Gasteiger partial charge < -0.3 is 19.7 Å². The first kappa shape index (κ1) is 20.6. The lowest BCUT2D eigenvalue weighted by Crippen LogP contribution is -2.46. The molecule has 5 heteroatoms. The van der Waals surface area contributed by atoms with Gasteiger partial charge in [0.2, 0.25) is 0 Å². The van der Waals surface area contributed by atoms with E-state index in [-0.39, 0.29) is 36.9 Å². The number of aliphatic carboxylic acids is 1. The quantitative estimate of drug-likeness (QED) is 0.422. The molecule has 27 heavy (non-hydrogen) atoms. The van der Waals surface area contributed by atoms with Crippen LogP contribution in [0.5, 0.6) is 0 Å². The van der Waals surface area contributed by atoms with Gasteiger partial charge in [-0.2, -0.15) is 0 Å². The second-order valence-corrected chi connectivity index (χ2v) is 8.37. The highest BCUT2D eigenvalue weighted by atomic mass is 16.6. The summed E-state index contributed by atoms with van der Waals surface area (Å²) in [5.74, 6) is -0.0192. The molecule has 3 fully saturated rings. The normalized spacial score (nSPS) is 35.6. The number of hydrogen-bond acceptors (Lipinski definition) is 4. The Labute approximate surface area is 162 Å². The van der Waals surface area contributed by atoms with Crippen LogP contribution in [0, 0.1) is 11.8 Å². The van der Waals surface area contributed by atoms with Crippen LogP contribution in [0.15, 0.2) is 24.3 Å². The van der Waals surface area contributed by atoms with E-state index in [0.29, 0.717) is 24.7 Å². The van der Waals surface area contributed by atoms with Crippen molar-refractivity contribution in [2.24, 2.45) is 11.8 Å². The Balaban J connectivity index is 1.54. The minimum atomic E-state index is -0.763. The number of carboxylic acids is 1. The van der Waals surface area contributed by atoms with Gasteiger partial charge in [0.25, 0.3) is 0 Å². The molecule has 0 saturated carbocycles. The van der Waals surface area contributed by atoms with E-state index in [1.165, 1.54) is 0 Å². The van der Waals surface area contributed by atoms with Crippen molar-refractivity contribution in [2.45, 2.75) is 95.2 Å². The third-order valence-electron chi connectivity index (χ3n) is 6.34. The van der Waals surface area contributed by atoms with E-state index in [0.717, 1.165) is 44.1 Å². The maximum atomic E-state index is 10.7. The molecule has 3 aliphatic rings. The highest BCUT2D eigenvalue weighted by Gasteiger charge is 2.57. The van der Waals surface area contributed by atoms with Crippen molar-refractivity contribution in [3.05, 3.63) is 24.3 Å². The SMILES string of the molecule is C=C(CCCC(=O)O)C1C[C@@H]2[C@H](C=C[C@H](O)CCCCC)[C@@H]3C[C@H](O1)[C@H]2O3. The molecule has 0 aromatic carbocycles. The fourth-order valence-electron chi connectivity index (χ4n) is 4.88. The molecule has 3 heterocycles. The van der Waals surface area contributed by atoms with E-state index in [9.17, 15) is 9.90 Å². The summed E-state index contributed by atoms with van der Waals surface area (Å²) < 4.78 is 12.4. The van der Waals surface area contributed by atoms with E-state index in [1.807, 2.05) is 6.08 Å². The molecule has 1 unspecified atom stereocenters. The van der Waals surface area contributed by atoms with Gasteiger partial charge in [-0.1, -0.05) is 44.9 Å². The lowest BCUT2D eigenvalue weighted by molar-refractivity contribution is -0.137. The third-order valence-corrected chi connectivity index (χ3v) is 6.34. The Bertz CT molecular complexity index is 557. The number of aliphatic hydroxyl groups excluding tert-OH is 1. The number of hydrogen-bond donors (Lipinski definition) is 2. The van der Waals surface area contributed by atoms with Crippen LogP contribution in [0.3, 0.4) is 0 Å². The monoisotopic (exact) mass is 378 g/mol. The summed E-state index contributed by atoms with van der Waals surface area (Å²) in [5, 5.41) is 19.0. The van der Waals surface area contributed by atoms with Crippen LogP contribution < -0.4 is 0 Å². The van der Waals surface area contributed by atoms with Gasteiger partial charge in [0.15, 0.2) is 0 Å². The lowest BCUT2D eigenvalue weighted by Gasteiger charge is -2.41. The van der Waals surface area contributed by atoms with E-state index in [4.69, 9.17) is 14.6 Å². The first-order valence-electron chi connectivity index (χ1n) is 10.6. The molecule has 2 bridgehead atoms. The molecular weight excluding hydrogens is 344 g/mol. The average Bonchev–Trinajstić information content (AvgIpc) is 3.19. The van der Waals surface area contributed by atoms with Crippen molar-refractivity contribution >= 4 is 5.97 Å². The Hall–Kier alpha value is -1.17. The molecule has 7 atom stereocenters. The summed E-state index contributed by atoms with van der Waals surface area (Å²) in [5.41, 5.74) is 1.01. The summed E-state index contributed by atoms with van der Waals surface area (Å²) in [4.78, 5) is 10.7. The minimum absolute atomic E-state index is 0.00178. The number of unbranched alkanes of at least 4 members (excludes halogenated alkanes) is 2. The molecule has 0 radical (unpaired) electrons. The van der Waals surface area contributed by atoms with Gasteiger partial charge in [-0.25, -0.2) is 0 Å². The summed E-state index contributed by atoms with van der Waals surface area (Å²) in [6, 6.07) is 0. The molecule has 0 aliphatic carbocycles. The number of aliphatic hydroxyl groups is 1. The molecule has 3 aliphatic heterocycles. The topological polar surface area (TPSA) is 76.0 Å². The Kier molecular flexibility index (Phi) is 7.12. The zero-order valence-corrected chi connectivity index (χ0v) is 16.4. The summed E-state index contributed by atoms with van der Waals surface area (Å²) >= 11 is 0. The van der Waals surface area contributed by atoms with Crippen molar-refractivity contribution in [3.63, 3.8) is 0 Å². The van der Waals surface area contributed by atoms with Gasteiger partial charge >= 0.3 is 5.97 Å². The van der Waals surface area contributed by atoms with Crippen molar-refractivity contribution in [3.8, 4) is 0 Å².